The second-order valence-electron chi connectivity index (χ2n) is 6.73. The number of amides is 2. The van der Waals surface area contributed by atoms with E-state index in [2.05, 4.69) is 14.6 Å². The smallest absolute Gasteiger partial charge is 0.417 e. The van der Waals surface area contributed by atoms with Crippen molar-refractivity contribution in [3.05, 3.63) is 11.8 Å². The van der Waals surface area contributed by atoms with E-state index in [1.54, 1.807) is 0 Å². The molecule has 28 heavy (non-hydrogen) atoms. The van der Waals surface area contributed by atoms with E-state index >= 15 is 0 Å². The van der Waals surface area contributed by atoms with E-state index in [4.69, 9.17) is 0 Å². The number of imide groups is 1. The second kappa shape index (κ2) is 7.78. The predicted molar refractivity (Wildman–Crippen MR) is 87.2 cm³/mol. The van der Waals surface area contributed by atoms with Gasteiger partial charge in [-0.05, 0) is 19.3 Å². The quantitative estimate of drug-likeness (QED) is 0.651. The summed E-state index contributed by atoms with van der Waals surface area (Å²) in [4.78, 5) is 24.5. The van der Waals surface area contributed by atoms with Crippen LogP contribution >= 0.6 is 0 Å². The SMILES string of the molecule is O=C1CCCC(=O)N1CCS(=O)(=O)N1CCC(c2nnc(C(F)(F)F)o2)CC1. The van der Waals surface area contributed by atoms with Gasteiger partial charge in [0.25, 0.3) is 0 Å². The monoisotopic (exact) mass is 424 g/mol. The van der Waals surface area contributed by atoms with E-state index in [1.807, 2.05) is 0 Å². The maximum absolute atomic E-state index is 12.5. The molecule has 2 amide bonds. The number of likely N-dealkylation sites (tertiary alicyclic amines) is 1. The van der Waals surface area contributed by atoms with Crippen LogP contribution in [0.25, 0.3) is 0 Å². The number of piperidine rings is 2. The third-order valence-electron chi connectivity index (χ3n) is 4.84. The molecule has 9 nitrogen and oxygen atoms in total. The summed E-state index contributed by atoms with van der Waals surface area (Å²) < 4.78 is 68.5. The van der Waals surface area contributed by atoms with Crippen molar-refractivity contribution in [3.8, 4) is 0 Å². The molecule has 0 aromatic carbocycles. The van der Waals surface area contributed by atoms with Crippen LogP contribution in [0.5, 0.6) is 0 Å². The highest BCUT2D eigenvalue weighted by molar-refractivity contribution is 7.89. The highest BCUT2D eigenvalue weighted by Crippen LogP contribution is 2.33. The molecule has 2 aliphatic rings. The van der Waals surface area contributed by atoms with Crippen LogP contribution < -0.4 is 0 Å². The molecule has 0 saturated carbocycles. The number of hydrogen-bond acceptors (Lipinski definition) is 7. The summed E-state index contributed by atoms with van der Waals surface area (Å²) in [5.41, 5.74) is 0. The Morgan fingerprint density at radius 2 is 1.68 bits per heavy atom. The normalized spacial score (nSPS) is 20.8. The van der Waals surface area contributed by atoms with Crippen LogP contribution in [0, 0.1) is 0 Å². The fourth-order valence-corrected chi connectivity index (χ4v) is 4.72. The Morgan fingerprint density at radius 1 is 1.07 bits per heavy atom. The number of hydrogen-bond donors (Lipinski definition) is 0. The highest BCUT2D eigenvalue weighted by Gasteiger charge is 2.40. The second-order valence-corrected chi connectivity index (χ2v) is 8.81. The van der Waals surface area contributed by atoms with Crippen molar-refractivity contribution >= 4 is 21.8 Å². The van der Waals surface area contributed by atoms with Gasteiger partial charge in [-0.25, -0.2) is 12.7 Å². The van der Waals surface area contributed by atoms with Crippen molar-refractivity contribution in [2.75, 3.05) is 25.4 Å². The summed E-state index contributed by atoms with van der Waals surface area (Å²) in [5, 5.41) is 6.40. The first-order chi connectivity index (χ1) is 13.1. The van der Waals surface area contributed by atoms with Crippen molar-refractivity contribution in [1.29, 1.82) is 0 Å². The lowest BCUT2D eigenvalue weighted by molar-refractivity contribution is -0.157. The van der Waals surface area contributed by atoms with Gasteiger partial charge >= 0.3 is 12.1 Å². The van der Waals surface area contributed by atoms with Gasteiger partial charge in [0.15, 0.2) is 0 Å². The van der Waals surface area contributed by atoms with Crippen molar-refractivity contribution in [3.63, 3.8) is 0 Å². The highest BCUT2D eigenvalue weighted by atomic mass is 32.2. The number of alkyl halides is 3. The predicted octanol–water partition coefficient (Wildman–Crippen LogP) is 1.14. The van der Waals surface area contributed by atoms with Gasteiger partial charge in [0.1, 0.15) is 0 Å². The first-order valence-electron chi connectivity index (χ1n) is 8.79. The van der Waals surface area contributed by atoms with E-state index in [9.17, 15) is 31.2 Å². The lowest BCUT2D eigenvalue weighted by atomic mass is 9.98. The van der Waals surface area contributed by atoms with Crippen LogP contribution in [0.15, 0.2) is 4.42 Å². The van der Waals surface area contributed by atoms with E-state index in [0.29, 0.717) is 6.42 Å². The largest absolute Gasteiger partial charge is 0.470 e. The minimum absolute atomic E-state index is 0.0820. The van der Waals surface area contributed by atoms with Gasteiger partial charge in [-0.15, -0.1) is 10.2 Å². The fraction of sp³-hybridized carbons (Fsp3) is 0.733. The van der Waals surface area contributed by atoms with E-state index in [-0.39, 0.29) is 68.8 Å². The maximum atomic E-state index is 12.5. The average molecular weight is 424 g/mol. The Kier molecular flexibility index (Phi) is 5.75. The minimum atomic E-state index is -4.72. The Hall–Kier alpha value is -2.02. The van der Waals surface area contributed by atoms with Crippen LogP contribution in [0.2, 0.25) is 0 Å². The van der Waals surface area contributed by atoms with Crippen molar-refractivity contribution in [2.24, 2.45) is 0 Å². The Morgan fingerprint density at radius 3 is 2.21 bits per heavy atom. The molecule has 0 radical (unpaired) electrons. The zero-order chi connectivity index (χ0) is 20.5. The zero-order valence-corrected chi connectivity index (χ0v) is 15.6. The summed E-state index contributed by atoms with van der Waals surface area (Å²) in [6, 6.07) is 0. The molecule has 156 valence electrons. The molecule has 2 fully saturated rings. The number of aromatic nitrogens is 2. The summed E-state index contributed by atoms with van der Waals surface area (Å²) in [5.74, 6) is -3.17. The molecule has 0 atom stereocenters. The third-order valence-corrected chi connectivity index (χ3v) is 6.69. The van der Waals surface area contributed by atoms with Gasteiger partial charge in [0.05, 0.1) is 5.75 Å². The molecular formula is C15H19F3N4O5S. The van der Waals surface area contributed by atoms with Gasteiger partial charge < -0.3 is 4.42 Å². The summed E-state index contributed by atoms with van der Waals surface area (Å²) >= 11 is 0. The molecule has 0 bridgehead atoms. The first-order valence-corrected chi connectivity index (χ1v) is 10.4. The van der Waals surface area contributed by atoms with Crippen LogP contribution in [-0.4, -0.2) is 65.0 Å². The van der Waals surface area contributed by atoms with Crippen molar-refractivity contribution in [2.45, 2.75) is 44.2 Å². The van der Waals surface area contributed by atoms with Gasteiger partial charge in [-0.1, -0.05) is 0 Å². The average Bonchev–Trinajstić information content (AvgIpc) is 3.12. The van der Waals surface area contributed by atoms with Gasteiger partial charge in [-0.3, -0.25) is 14.5 Å². The molecule has 2 aliphatic heterocycles. The Bertz CT molecular complexity index is 830. The number of halogens is 3. The molecule has 2 saturated heterocycles. The van der Waals surface area contributed by atoms with Crippen molar-refractivity contribution < 1.29 is 35.6 Å². The summed E-state index contributed by atoms with van der Waals surface area (Å²) in [6.07, 6.45) is -3.33. The van der Waals surface area contributed by atoms with E-state index in [0.717, 1.165) is 4.90 Å². The van der Waals surface area contributed by atoms with Gasteiger partial charge in [0, 0.05) is 38.4 Å². The molecule has 3 rings (SSSR count). The van der Waals surface area contributed by atoms with E-state index < -0.39 is 28.0 Å². The summed E-state index contributed by atoms with van der Waals surface area (Å²) in [6.45, 7) is -0.0320. The van der Waals surface area contributed by atoms with Gasteiger partial charge in [0.2, 0.25) is 27.7 Å². The molecule has 0 unspecified atom stereocenters. The minimum Gasteiger partial charge on any atom is -0.417 e. The Labute approximate surface area is 158 Å². The van der Waals surface area contributed by atoms with Crippen LogP contribution in [0.1, 0.15) is 49.8 Å². The van der Waals surface area contributed by atoms with Crippen LogP contribution in [0.3, 0.4) is 0 Å². The molecule has 13 heteroatoms. The topological polar surface area (TPSA) is 114 Å². The summed E-state index contributed by atoms with van der Waals surface area (Å²) in [7, 11) is -3.71. The number of carbonyl (C=O) groups is 2. The standard InChI is InChI=1S/C15H19F3N4O5S/c16-15(17,18)14-20-19-13(27-14)10-4-6-21(7-5-10)28(25,26)9-8-22-11(23)2-1-3-12(22)24/h10H,1-9H2. The number of rotatable bonds is 5. The van der Waals surface area contributed by atoms with Crippen molar-refractivity contribution in [1.82, 2.24) is 19.4 Å². The van der Waals surface area contributed by atoms with Crippen LogP contribution in [0.4, 0.5) is 13.2 Å². The number of nitrogens with zero attached hydrogens (tertiary/aromatic N) is 4. The molecule has 0 spiro atoms. The third kappa shape index (κ3) is 4.51. The molecule has 1 aromatic heterocycles. The van der Waals surface area contributed by atoms with Gasteiger partial charge in [-0.2, -0.15) is 13.2 Å². The molecule has 1 aromatic rings. The van der Waals surface area contributed by atoms with E-state index in [1.165, 1.54) is 4.31 Å². The maximum Gasteiger partial charge on any atom is 0.470 e. The fourth-order valence-electron chi connectivity index (χ4n) is 3.28. The molecular weight excluding hydrogens is 405 g/mol. The van der Waals surface area contributed by atoms with Crippen LogP contribution in [-0.2, 0) is 25.8 Å². The lowest BCUT2D eigenvalue weighted by Crippen LogP contribution is -2.46. The number of carbonyl (C=O) groups excluding carboxylic acids is 2. The zero-order valence-electron chi connectivity index (χ0n) is 14.8. The lowest BCUT2D eigenvalue weighted by Gasteiger charge is -2.31. The molecule has 0 aliphatic carbocycles. The Balaban J connectivity index is 1.55. The molecule has 3 heterocycles. The molecule has 0 N–H and O–H groups in total. The number of sulfonamides is 1. The first kappa shape index (κ1) is 20.7.